The summed E-state index contributed by atoms with van der Waals surface area (Å²) in [5, 5.41) is 9.49. The number of Topliss-reactive ketones (excluding diaryl/α,β-unsaturated/α-hetero) is 2. The number of carbonyl (C=O) groups excluding carboxylic acids is 2. The number of aryl methyl sites for hydroxylation is 1. The van der Waals surface area contributed by atoms with Crippen LogP contribution in [0.3, 0.4) is 0 Å². The predicted octanol–water partition coefficient (Wildman–Crippen LogP) is 1.54. The van der Waals surface area contributed by atoms with Crippen LogP contribution in [0.25, 0.3) is 6.08 Å². The van der Waals surface area contributed by atoms with Gasteiger partial charge in [0.2, 0.25) is 0 Å². The maximum atomic E-state index is 12.3. The number of allylic oxidation sites excluding steroid dienone is 2. The summed E-state index contributed by atoms with van der Waals surface area (Å²) in [6, 6.07) is 1.68. The Bertz CT molecular complexity index is 603. The van der Waals surface area contributed by atoms with Crippen LogP contribution in [0.5, 0.6) is 0 Å². The third-order valence-corrected chi connectivity index (χ3v) is 3.37. The van der Waals surface area contributed by atoms with Crippen molar-refractivity contribution in [1.82, 2.24) is 0 Å². The van der Waals surface area contributed by atoms with Gasteiger partial charge < -0.3 is 9.52 Å². The number of furan rings is 1. The number of carbonyl (C=O) groups is 2. The van der Waals surface area contributed by atoms with Gasteiger partial charge in [-0.1, -0.05) is 13.0 Å². The Balaban J connectivity index is 2.15. The first-order valence-electron chi connectivity index (χ1n) is 5.90. The molecule has 2 aliphatic rings. The van der Waals surface area contributed by atoms with Crippen LogP contribution in [-0.4, -0.2) is 22.8 Å². The van der Waals surface area contributed by atoms with E-state index in [-0.39, 0.29) is 5.78 Å². The molecular formula is C14H12O4. The van der Waals surface area contributed by atoms with Gasteiger partial charge in [0.1, 0.15) is 23.5 Å². The largest absolute Gasteiger partial charge is 0.461 e. The number of hydrogen-bond acceptors (Lipinski definition) is 4. The lowest BCUT2D eigenvalue weighted by atomic mass is 9.78. The summed E-state index contributed by atoms with van der Waals surface area (Å²) in [6.45, 7) is 1.93. The highest BCUT2D eigenvalue weighted by Gasteiger charge is 2.40. The van der Waals surface area contributed by atoms with Crippen molar-refractivity contribution in [3.63, 3.8) is 0 Å². The Morgan fingerprint density at radius 1 is 1.39 bits per heavy atom. The molecular weight excluding hydrogens is 232 g/mol. The van der Waals surface area contributed by atoms with Crippen molar-refractivity contribution in [3.8, 4) is 0 Å². The second-order valence-corrected chi connectivity index (χ2v) is 4.49. The SMILES string of the molecule is CCc1cc2c(o1)C=C1C=CC(O)C(=O)C1C2=O. The highest BCUT2D eigenvalue weighted by molar-refractivity contribution is 6.18. The van der Waals surface area contributed by atoms with E-state index in [2.05, 4.69) is 0 Å². The van der Waals surface area contributed by atoms with E-state index in [1.807, 2.05) is 6.92 Å². The normalized spacial score (nSPS) is 25.8. The second-order valence-electron chi connectivity index (χ2n) is 4.49. The summed E-state index contributed by atoms with van der Waals surface area (Å²) in [5.74, 6) is -0.379. The predicted molar refractivity (Wildman–Crippen MR) is 64.0 cm³/mol. The Labute approximate surface area is 104 Å². The molecule has 0 radical (unpaired) electrons. The molecule has 3 rings (SSSR count). The summed E-state index contributed by atoms with van der Waals surface area (Å²) in [4.78, 5) is 24.1. The number of hydrogen-bond donors (Lipinski definition) is 1. The first kappa shape index (κ1) is 11.2. The fourth-order valence-electron chi connectivity index (χ4n) is 2.38. The number of rotatable bonds is 1. The number of aliphatic hydroxyl groups is 1. The van der Waals surface area contributed by atoms with Crippen LogP contribution >= 0.6 is 0 Å². The van der Waals surface area contributed by atoms with Crippen LogP contribution in [0.1, 0.15) is 28.8 Å². The molecule has 2 atom stereocenters. The first-order valence-corrected chi connectivity index (χ1v) is 5.90. The third kappa shape index (κ3) is 1.42. The second kappa shape index (κ2) is 3.78. The average molecular weight is 244 g/mol. The molecule has 0 fully saturated rings. The summed E-state index contributed by atoms with van der Waals surface area (Å²) in [7, 11) is 0. The minimum Gasteiger partial charge on any atom is -0.461 e. The van der Waals surface area contributed by atoms with Crippen molar-refractivity contribution < 1.29 is 19.1 Å². The molecule has 0 spiro atoms. The highest BCUT2D eigenvalue weighted by atomic mass is 16.3. The van der Waals surface area contributed by atoms with E-state index in [1.165, 1.54) is 6.08 Å². The van der Waals surface area contributed by atoms with E-state index >= 15 is 0 Å². The molecule has 1 N–H and O–H groups in total. The molecule has 4 heteroatoms. The van der Waals surface area contributed by atoms with Crippen molar-refractivity contribution in [2.24, 2.45) is 5.92 Å². The van der Waals surface area contributed by atoms with E-state index in [1.54, 1.807) is 18.2 Å². The van der Waals surface area contributed by atoms with Crippen molar-refractivity contribution >= 4 is 17.6 Å². The van der Waals surface area contributed by atoms with Gasteiger partial charge in [-0.05, 0) is 23.8 Å². The lowest BCUT2D eigenvalue weighted by molar-refractivity contribution is -0.126. The maximum absolute atomic E-state index is 12.3. The molecule has 18 heavy (non-hydrogen) atoms. The van der Waals surface area contributed by atoms with Crippen LogP contribution in [0.4, 0.5) is 0 Å². The number of aliphatic hydroxyl groups excluding tert-OH is 1. The van der Waals surface area contributed by atoms with Gasteiger partial charge in [-0.2, -0.15) is 0 Å². The molecule has 1 heterocycles. The van der Waals surface area contributed by atoms with Gasteiger partial charge in [0.05, 0.1) is 5.56 Å². The fourth-order valence-corrected chi connectivity index (χ4v) is 2.38. The zero-order valence-electron chi connectivity index (χ0n) is 9.84. The van der Waals surface area contributed by atoms with Crippen LogP contribution in [0.2, 0.25) is 0 Å². The van der Waals surface area contributed by atoms with Gasteiger partial charge in [-0.15, -0.1) is 0 Å². The quantitative estimate of drug-likeness (QED) is 0.761. The van der Waals surface area contributed by atoms with Gasteiger partial charge >= 0.3 is 0 Å². The summed E-state index contributed by atoms with van der Waals surface area (Å²) >= 11 is 0. The molecule has 2 aliphatic carbocycles. The summed E-state index contributed by atoms with van der Waals surface area (Å²) in [5.41, 5.74) is 1.04. The molecule has 0 bridgehead atoms. The van der Waals surface area contributed by atoms with Crippen LogP contribution in [0, 0.1) is 5.92 Å². The summed E-state index contributed by atoms with van der Waals surface area (Å²) in [6.07, 6.45) is 4.23. The monoisotopic (exact) mass is 244 g/mol. The van der Waals surface area contributed by atoms with Crippen molar-refractivity contribution in [2.45, 2.75) is 19.4 Å². The van der Waals surface area contributed by atoms with Crippen LogP contribution < -0.4 is 0 Å². The van der Waals surface area contributed by atoms with Crippen molar-refractivity contribution in [2.75, 3.05) is 0 Å². The van der Waals surface area contributed by atoms with E-state index in [4.69, 9.17) is 4.42 Å². The molecule has 1 aromatic heterocycles. The molecule has 0 aromatic carbocycles. The Hall–Kier alpha value is -1.94. The van der Waals surface area contributed by atoms with Crippen LogP contribution in [-0.2, 0) is 11.2 Å². The zero-order valence-corrected chi connectivity index (χ0v) is 9.84. The van der Waals surface area contributed by atoms with Gasteiger partial charge in [0.15, 0.2) is 11.6 Å². The molecule has 92 valence electrons. The minimum absolute atomic E-state index is 0.278. The molecule has 0 saturated heterocycles. The topological polar surface area (TPSA) is 67.5 Å². The molecule has 0 aliphatic heterocycles. The van der Waals surface area contributed by atoms with Gasteiger partial charge in [-0.25, -0.2) is 0 Å². The average Bonchev–Trinajstić information content (AvgIpc) is 2.77. The van der Waals surface area contributed by atoms with E-state index in [9.17, 15) is 14.7 Å². The van der Waals surface area contributed by atoms with E-state index in [0.29, 0.717) is 23.3 Å². The molecule has 4 nitrogen and oxygen atoms in total. The van der Waals surface area contributed by atoms with E-state index < -0.39 is 17.8 Å². The molecule has 1 aromatic rings. The third-order valence-electron chi connectivity index (χ3n) is 3.37. The zero-order chi connectivity index (χ0) is 12.9. The van der Waals surface area contributed by atoms with Crippen LogP contribution in [0.15, 0.2) is 28.2 Å². The lowest BCUT2D eigenvalue weighted by Crippen LogP contribution is -2.37. The van der Waals surface area contributed by atoms with Crippen molar-refractivity contribution in [3.05, 3.63) is 40.9 Å². The van der Waals surface area contributed by atoms with Crippen molar-refractivity contribution in [1.29, 1.82) is 0 Å². The lowest BCUT2D eigenvalue weighted by Gasteiger charge is -2.24. The maximum Gasteiger partial charge on any atom is 0.181 e. The smallest absolute Gasteiger partial charge is 0.181 e. The van der Waals surface area contributed by atoms with Gasteiger partial charge in [0, 0.05) is 6.42 Å². The standard InChI is InChI=1S/C14H12O4/c1-2-8-6-9-11(18-8)5-7-3-4-10(15)14(17)12(7)13(9)16/h3-6,10,12,15H,2H2,1H3. The molecule has 2 unspecified atom stereocenters. The van der Waals surface area contributed by atoms with E-state index in [0.717, 1.165) is 5.76 Å². The Morgan fingerprint density at radius 2 is 2.17 bits per heavy atom. The Morgan fingerprint density at radius 3 is 2.89 bits per heavy atom. The number of ketones is 2. The fraction of sp³-hybridized carbons (Fsp3) is 0.286. The molecule has 0 amide bonds. The minimum atomic E-state index is -1.19. The van der Waals surface area contributed by atoms with Gasteiger partial charge in [0.25, 0.3) is 0 Å². The van der Waals surface area contributed by atoms with Gasteiger partial charge in [-0.3, -0.25) is 9.59 Å². The first-order chi connectivity index (χ1) is 8.61. The highest BCUT2D eigenvalue weighted by Crippen LogP contribution is 2.34. The summed E-state index contributed by atoms with van der Waals surface area (Å²) < 4.78 is 5.53. The Kier molecular flexibility index (Phi) is 2.35. The molecule has 0 saturated carbocycles. The number of fused-ring (bicyclic) bond motifs is 2.